The number of hydrogen-bond donors (Lipinski definition) is 1. The van der Waals surface area contributed by atoms with Crippen molar-refractivity contribution in [1.82, 2.24) is 4.98 Å². The first kappa shape index (κ1) is 11.4. The first-order valence-electron chi connectivity index (χ1n) is 5.67. The molecule has 1 aromatic heterocycles. The van der Waals surface area contributed by atoms with E-state index in [0.717, 1.165) is 17.9 Å². The van der Waals surface area contributed by atoms with E-state index in [1.54, 1.807) is 6.20 Å². The Morgan fingerprint density at radius 2 is 2.38 bits per heavy atom. The summed E-state index contributed by atoms with van der Waals surface area (Å²) in [6.07, 6.45) is 2.69. The summed E-state index contributed by atoms with van der Waals surface area (Å²) < 4.78 is 11.4. The molecule has 1 saturated carbocycles. The molecule has 1 aliphatic carbocycles. The van der Waals surface area contributed by atoms with Crippen molar-refractivity contribution in [3.63, 3.8) is 0 Å². The average molecular weight is 222 g/mol. The lowest BCUT2D eigenvalue weighted by molar-refractivity contribution is -0.0948. The summed E-state index contributed by atoms with van der Waals surface area (Å²) in [4.78, 5) is 4.18. The van der Waals surface area contributed by atoms with Gasteiger partial charge in [-0.3, -0.25) is 4.98 Å². The first-order chi connectivity index (χ1) is 7.72. The van der Waals surface area contributed by atoms with Crippen LogP contribution in [0.1, 0.15) is 19.0 Å². The van der Waals surface area contributed by atoms with Crippen molar-refractivity contribution in [1.29, 1.82) is 0 Å². The molecule has 1 aliphatic rings. The molecule has 2 N–H and O–H groups in total. The van der Waals surface area contributed by atoms with E-state index in [1.165, 1.54) is 0 Å². The van der Waals surface area contributed by atoms with Gasteiger partial charge in [-0.1, -0.05) is 0 Å². The van der Waals surface area contributed by atoms with Crippen LogP contribution in [0, 0.1) is 6.92 Å². The number of hydrogen-bond acceptors (Lipinski definition) is 4. The van der Waals surface area contributed by atoms with E-state index >= 15 is 0 Å². The highest BCUT2D eigenvalue weighted by atomic mass is 16.5. The first-order valence-corrected chi connectivity index (χ1v) is 5.67. The highest BCUT2D eigenvalue weighted by Gasteiger charge is 2.41. The fourth-order valence-electron chi connectivity index (χ4n) is 1.91. The molecular weight excluding hydrogens is 204 g/mol. The highest BCUT2D eigenvalue weighted by molar-refractivity contribution is 5.26. The van der Waals surface area contributed by atoms with Gasteiger partial charge in [-0.05, 0) is 26.0 Å². The fraction of sp³-hybridized carbons (Fsp3) is 0.583. The zero-order chi connectivity index (χ0) is 11.5. The second-order valence-electron chi connectivity index (χ2n) is 4.06. The number of nitrogens with two attached hydrogens (primary N) is 1. The maximum Gasteiger partial charge on any atom is 0.141 e. The Kier molecular flexibility index (Phi) is 3.41. The molecule has 0 saturated heterocycles. The predicted molar refractivity (Wildman–Crippen MR) is 61.4 cm³/mol. The lowest BCUT2D eigenvalue weighted by atomic mass is 9.86. The van der Waals surface area contributed by atoms with Gasteiger partial charge in [0.25, 0.3) is 0 Å². The number of pyridine rings is 1. The van der Waals surface area contributed by atoms with Gasteiger partial charge >= 0.3 is 0 Å². The SMILES string of the molecule is CCOC1C(N)CC1Oc1cccnc1C. The minimum atomic E-state index is 0.0182. The number of rotatable bonds is 4. The van der Waals surface area contributed by atoms with Crippen LogP contribution in [0.4, 0.5) is 0 Å². The van der Waals surface area contributed by atoms with E-state index in [0.29, 0.717) is 6.61 Å². The number of aryl methyl sites for hydroxylation is 1. The molecule has 0 bridgehead atoms. The van der Waals surface area contributed by atoms with Crippen LogP contribution in [0.15, 0.2) is 18.3 Å². The largest absolute Gasteiger partial charge is 0.486 e. The molecule has 4 nitrogen and oxygen atoms in total. The van der Waals surface area contributed by atoms with Crippen LogP contribution in [-0.4, -0.2) is 29.8 Å². The summed E-state index contributed by atoms with van der Waals surface area (Å²) in [6.45, 7) is 4.57. The lowest BCUT2D eigenvalue weighted by Crippen LogP contribution is -2.59. The topological polar surface area (TPSA) is 57.4 Å². The second-order valence-corrected chi connectivity index (χ2v) is 4.06. The maximum absolute atomic E-state index is 5.87. The van der Waals surface area contributed by atoms with Gasteiger partial charge in [0.15, 0.2) is 0 Å². The van der Waals surface area contributed by atoms with Gasteiger partial charge in [-0.25, -0.2) is 0 Å². The molecule has 1 fully saturated rings. The van der Waals surface area contributed by atoms with Gasteiger partial charge in [0.1, 0.15) is 18.0 Å². The molecule has 1 aromatic rings. The van der Waals surface area contributed by atoms with Crippen molar-refractivity contribution < 1.29 is 9.47 Å². The maximum atomic E-state index is 5.87. The third-order valence-electron chi connectivity index (χ3n) is 2.89. The summed E-state index contributed by atoms with van der Waals surface area (Å²) in [5.41, 5.74) is 6.77. The smallest absolute Gasteiger partial charge is 0.141 e. The van der Waals surface area contributed by atoms with Crippen molar-refractivity contribution in [2.75, 3.05) is 6.61 Å². The Hall–Kier alpha value is -1.13. The second kappa shape index (κ2) is 4.80. The Morgan fingerprint density at radius 1 is 1.56 bits per heavy atom. The molecule has 2 rings (SSSR count). The zero-order valence-electron chi connectivity index (χ0n) is 9.72. The zero-order valence-corrected chi connectivity index (χ0v) is 9.72. The van der Waals surface area contributed by atoms with Crippen LogP contribution >= 0.6 is 0 Å². The standard InChI is InChI=1S/C12H18N2O2/c1-3-15-12-9(13)7-11(12)16-10-5-4-6-14-8(10)2/h4-6,9,11-12H,3,7,13H2,1-2H3. The molecule has 88 valence electrons. The average Bonchev–Trinajstić information content (AvgIpc) is 2.28. The van der Waals surface area contributed by atoms with Gasteiger partial charge in [-0.15, -0.1) is 0 Å². The van der Waals surface area contributed by atoms with E-state index in [-0.39, 0.29) is 18.2 Å². The van der Waals surface area contributed by atoms with Crippen LogP contribution in [0.5, 0.6) is 5.75 Å². The van der Waals surface area contributed by atoms with Crippen LogP contribution in [0.3, 0.4) is 0 Å². The van der Waals surface area contributed by atoms with E-state index in [2.05, 4.69) is 4.98 Å². The summed E-state index contributed by atoms with van der Waals surface area (Å²) >= 11 is 0. The summed E-state index contributed by atoms with van der Waals surface area (Å²) in [7, 11) is 0. The van der Waals surface area contributed by atoms with Gasteiger partial charge in [-0.2, -0.15) is 0 Å². The number of ether oxygens (including phenoxy) is 2. The predicted octanol–water partition coefficient (Wildman–Crippen LogP) is 1.27. The molecule has 0 amide bonds. The fourth-order valence-corrected chi connectivity index (χ4v) is 1.91. The van der Waals surface area contributed by atoms with Crippen molar-refractivity contribution in [3.05, 3.63) is 24.0 Å². The Labute approximate surface area is 95.8 Å². The molecule has 1 heterocycles. The van der Waals surface area contributed by atoms with Crippen molar-refractivity contribution in [2.45, 2.75) is 38.5 Å². The minimum Gasteiger partial charge on any atom is -0.486 e. The normalized spacial score (nSPS) is 28.6. The molecular formula is C12H18N2O2. The van der Waals surface area contributed by atoms with Crippen LogP contribution in [0.25, 0.3) is 0 Å². The Balaban J connectivity index is 1.98. The monoisotopic (exact) mass is 222 g/mol. The van der Waals surface area contributed by atoms with Crippen LogP contribution in [-0.2, 0) is 4.74 Å². The van der Waals surface area contributed by atoms with Gasteiger partial charge in [0.05, 0.1) is 5.69 Å². The molecule has 3 unspecified atom stereocenters. The molecule has 4 heteroatoms. The quantitative estimate of drug-likeness (QED) is 0.833. The van der Waals surface area contributed by atoms with Crippen molar-refractivity contribution >= 4 is 0 Å². The molecule has 3 atom stereocenters. The van der Waals surface area contributed by atoms with E-state index < -0.39 is 0 Å². The van der Waals surface area contributed by atoms with E-state index in [4.69, 9.17) is 15.2 Å². The van der Waals surface area contributed by atoms with Crippen LogP contribution < -0.4 is 10.5 Å². The van der Waals surface area contributed by atoms with Crippen molar-refractivity contribution in [2.24, 2.45) is 5.73 Å². The summed E-state index contributed by atoms with van der Waals surface area (Å²) in [5, 5.41) is 0. The molecule has 0 aliphatic heterocycles. The number of aromatic nitrogens is 1. The summed E-state index contributed by atoms with van der Waals surface area (Å²) in [5.74, 6) is 0.823. The van der Waals surface area contributed by atoms with Gasteiger partial charge in [0, 0.05) is 25.3 Å². The van der Waals surface area contributed by atoms with Gasteiger partial charge < -0.3 is 15.2 Å². The van der Waals surface area contributed by atoms with Gasteiger partial charge in [0.2, 0.25) is 0 Å². The number of nitrogens with zero attached hydrogens (tertiary/aromatic N) is 1. The molecule has 0 aromatic carbocycles. The molecule has 0 radical (unpaired) electrons. The summed E-state index contributed by atoms with van der Waals surface area (Å²) in [6, 6.07) is 3.90. The molecule has 16 heavy (non-hydrogen) atoms. The minimum absolute atomic E-state index is 0.0182. The third-order valence-corrected chi connectivity index (χ3v) is 2.89. The third kappa shape index (κ3) is 2.18. The van der Waals surface area contributed by atoms with Crippen LogP contribution in [0.2, 0.25) is 0 Å². The highest BCUT2D eigenvalue weighted by Crippen LogP contribution is 2.28. The Morgan fingerprint density at radius 3 is 3.00 bits per heavy atom. The van der Waals surface area contributed by atoms with E-state index in [9.17, 15) is 0 Å². The van der Waals surface area contributed by atoms with E-state index in [1.807, 2.05) is 26.0 Å². The molecule has 0 spiro atoms. The van der Waals surface area contributed by atoms with Crippen molar-refractivity contribution in [3.8, 4) is 5.75 Å². The lowest BCUT2D eigenvalue weighted by Gasteiger charge is -2.41. The Bertz CT molecular complexity index is 357.